The Balaban J connectivity index is 2.04. The Morgan fingerprint density at radius 2 is 1.95 bits per heavy atom. The molecule has 19 heavy (non-hydrogen) atoms. The number of benzene rings is 2. The predicted molar refractivity (Wildman–Crippen MR) is 78.6 cm³/mol. The first kappa shape index (κ1) is 11.3. The van der Waals surface area contributed by atoms with Crippen LogP contribution in [0.25, 0.3) is 10.8 Å². The lowest BCUT2D eigenvalue weighted by Gasteiger charge is -2.15. The van der Waals surface area contributed by atoms with Crippen LogP contribution in [0.1, 0.15) is 16.6 Å². The van der Waals surface area contributed by atoms with Gasteiger partial charge in [-0.3, -0.25) is 0 Å². The second kappa shape index (κ2) is 6.55. The average Bonchev–Trinajstić information content (AvgIpc) is 2.42. The number of rotatable bonds is 6. The molecule has 3 nitrogen and oxygen atoms in total. The topological polar surface area (TPSA) is 41.5 Å². The highest BCUT2D eigenvalue weighted by atomic mass is 16.5. The van der Waals surface area contributed by atoms with Gasteiger partial charge in [0.1, 0.15) is 18.4 Å². The molecule has 3 heteroatoms. The maximum absolute atomic E-state index is 10.0. The van der Waals surface area contributed by atoms with E-state index in [1.807, 2.05) is 42.5 Å². The van der Waals surface area contributed by atoms with Gasteiger partial charge >= 0.3 is 0 Å². The van der Waals surface area contributed by atoms with E-state index in [4.69, 9.17) is 7.48 Å². The van der Waals surface area contributed by atoms with Gasteiger partial charge in [0, 0.05) is 19.3 Å². The van der Waals surface area contributed by atoms with Crippen LogP contribution in [-0.4, -0.2) is 30.4 Å². The molecule has 1 atom stereocenters. The van der Waals surface area contributed by atoms with Crippen molar-refractivity contribution in [2.24, 2.45) is 0 Å². The summed E-state index contributed by atoms with van der Waals surface area (Å²) < 4.78 is 21.1. The summed E-state index contributed by atoms with van der Waals surface area (Å²) in [6, 6.07) is 12.6. The van der Waals surface area contributed by atoms with Crippen molar-refractivity contribution in [3.05, 3.63) is 42.5 Å². The van der Waals surface area contributed by atoms with Crippen molar-refractivity contribution in [3.63, 3.8) is 0 Å². The normalized spacial score (nSPS) is 16.6. The minimum absolute atomic E-state index is 0.0335. The van der Waals surface area contributed by atoms with Crippen molar-refractivity contribution in [1.29, 1.82) is 0 Å². The Morgan fingerprint density at radius 1 is 1.21 bits per heavy atom. The summed E-state index contributed by atoms with van der Waals surface area (Å²) in [5.74, 6) is 0.643. The SMILES string of the molecule is [2H]C(O)(CNC([2H])(C)C)COc1cccc2ccccc12. The van der Waals surface area contributed by atoms with Gasteiger partial charge in [-0.1, -0.05) is 50.2 Å². The van der Waals surface area contributed by atoms with Gasteiger partial charge in [-0.05, 0) is 11.5 Å². The molecule has 0 heterocycles. The van der Waals surface area contributed by atoms with E-state index < -0.39 is 12.1 Å². The molecule has 0 aliphatic rings. The highest BCUT2D eigenvalue weighted by Gasteiger charge is 2.07. The largest absolute Gasteiger partial charge is 0.490 e. The average molecular weight is 261 g/mol. The van der Waals surface area contributed by atoms with E-state index >= 15 is 0 Å². The first-order valence-electron chi connectivity index (χ1n) is 7.35. The summed E-state index contributed by atoms with van der Waals surface area (Å²) >= 11 is 0. The van der Waals surface area contributed by atoms with Crippen LogP contribution in [0, 0.1) is 0 Å². The number of fused-ring (bicyclic) bond motifs is 1. The van der Waals surface area contributed by atoms with Crippen LogP contribution in [0.2, 0.25) is 0 Å². The minimum atomic E-state index is -1.78. The van der Waals surface area contributed by atoms with Crippen LogP contribution < -0.4 is 10.1 Å². The molecular formula is C16H21NO2. The van der Waals surface area contributed by atoms with Crippen molar-refractivity contribution in [3.8, 4) is 5.75 Å². The number of ether oxygens (including phenoxy) is 1. The van der Waals surface area contributed by atoms with Crippen LogP contribution in [0.5, 0.6) is 5.75 Å². The van der Waals surface area contributed by atoms with Gasteiger partial charge in [0.15, 0.2) is 0 Å². The lowest BCUT2D eigenvalue weighted by atomic mass is 10.1. The zero-order valence-electron chi connectivity index (χ0n) is 13.3. The van der Waals surface area contributed by atoms with Crippen molar-refractivity contribution in [2.45, 2.75) is 25.9 Å². The Labute approximate surface area is 117 Å². The summed E-state index contributed by atoms with van der Waals surface area (Å²) in [6.45, 7) is 3.13. The van der Waals surface area contributed by atoms with Crippen LogP contribution in [0.15, 0.2) is 42.5 Å². The van der Waals surface area contributed by atoms with Gasteiger partial charge < -0.3 is 15.2 Å². The van der Waals surface area contributed by atoms with Crippen molar-refractivity contribution >= 4 is 10.8 Å². The minimum Gasteiger partial charge on any atom is -0.490 e. The molecule has 0 fully saturated rings. The Morgan fingerprint density at radius 3 is 2.74 bits per heavy atom. The molecule has 2 aromatic rings. The van der Waals surface area contributed by atoms with Gasteiger partial charge in [-0.25, -0.2) is 0 Å². The van der Waals surface area contributed by atoms with Gasteiger partial charge in [0.2, 0.25) is 0 Å². The lowest BCUT2D eigenvalue weighted by molar-refractivity contribution is 0.105. The number of hydrogen-bond acceptors (Lipinski definition) is 3. The van der Waals surface area contributed by atoms with Crippen LogP contribution in [-0.2, 0) is 0 Å². The number of nitrogens with one attached hydrogen (secondary N) is 1. The number of aliphatic hydroxyl groups is 1. The third kappa shape index (κ3) is 3.94. The van der Waals surface area contributed by atoms with Gasteiger partial charge in [-0.15, -0.1) is 0 Å². The van der Waals surface area contributed by atoms with Crippen LogP contribution in [0.3, 0.4) is 0 Å². The van der Waals surface area contributed by atoms with E-state index in [0.29, 0.717) is 5.75 Å². The molecule has 0 radical (unpaired) electrons. The monoisotopic (exact) mass is 261 g/mol. The van der Waals surface area contributed by atoms with E-state index in [-0.39, 0.29) is 13.2 Å². The molecule has 0 aliphatic carbocycles. The summed E-state index contributed by atoms with van der Waals surface area (Å²) in [5, 5.41) is 14.8. The fourth-order valence-corrected chi connectivity index (χ4v) is 1.81. The maximum Gasteiger partial charge on any atom is 0.127 e. The molecule has 0 saturated carbocycles. The highest BCUT2D eigenvalue weighted by Crippen LogP contribution is 2.25. The molecular weight excluding hydrogens is 238 g/mol. The molecule has 0 bridgehead atoms. The molecule has 102 valence electrons. The van der Waals surface area contributed by atoms with Crippen molar-refractivity contribution in [1.82, 2.24) is 5.32 Å². The molecule has 0 aliphatic heterocycles. The standard InChI is InChI=1S/C16H21NO2/c1-12(2)17-10-14(18)11-19-16-9-5-7-13-6-3-4-8-15(13)16/h3-9,12,14,17-18H,10-11H2,1-2H3/i12D,14D. The second-order valence-corrected chi connectivity index (χ2v) is 4.69. The summed E-state index contributed by atoms with van der Waals surface area (Å²) in [4.78, 5) is 0. The molecule has 0 aromatic heterocycles. The molecule has 0 amide bonds. The highest BCUT2D eigenvalue weighted by molar-refractivity contribution is 5.88. The smallest absolute Gasteiger partial charge is 0.127 e. The number of hydrogen-bond donors (Lipinski definition) is 2. The fraction of sp³-hybridized carbons (Fsp3) is 0.375. The zero-order valence-corrected chi connectivity index (χ0v) is 11.3. The molecule has 2 N–H and O–H groups in total. The maximum atomic E-state index is 10.0. The Kier molecular flexibility index (Phi) is 3.88. The summed E-state index contributed by atoms with van der Waals surface area (Å²) in [7, 11) is 0. The summed E-state index contributed by atoms with van der Waals surface area (Å²) in [6.07, 6.45) is -1.78. The molecule has 2 aromatic carbocycles. The van der Waals surface area contributed by atoms with Crippen LogP contribution in [0.4, 0.5) is 0 Å². The van der Waals surface area contributed by atoms with E-state index in [2.05, 4.69) is 5.32 Å². The zero-order chi connectivity index (χ0) is 15.5. The van der Waals surface area contributed by atoms with Gasteiger partial charge in [0.25, 0.3) is 0 Å². The quantitative estimate of drug-likeness (QED) is 0.839. The van der Waals surface area contributed by atoms with E-state index in [1.165, 1.54) is 0 Å². The third-order valence-corrected chi connectivity index (χ3v) is 2.79. The summed E-state index contributed by atoms with van der Waals surface area (Å²) in [5.41, 5.74) is 0. The van der Waals surface area contributed by atoms with Crippen molar-refractivity contribution < 1.29 is 12.6 Å². The van der Waals surface area contributed by atoms with Gasteiger partial charge in [-0.2, -0.15) is 0 Å². The molecule has 2 rings (SSSR count). The third-order valence-electron chi connectivity index (χ3n) is 2.79. The molecule has 0 saturated heterocycles. The van der Waals surface area contributed by atoms with Crippen LogP contribution >= 0.6 is 0 Å². The van der Waals surface area contributed by atoms with E-state index in [1.54, 1.807) is 13.8 Å². The first-order valence-corrected chi connectivity index (χ1v) is 6.35. The first-order chi connectivity index (χ1) is 9.77. The Bertz CT molecular complexity index is 603. The molecule has 0 spiro atoms. The predicted octanol–water partition coefficient (Wildman–Crippen LogP) is 2.58. The van der Waals surface area contributed by atoms with E-state index in [0.717, 1.165) is 10.8 Å². The van der Waals surface area contributed by atoms with Gasteiger partial charge in [0.05, 0.1) is 1.37 Å². The van der Waals surface area contributed by atoms with E-state index in [9.17, 15) is 5.11 Å². The fourth-order valence-electron chi connectivity index (χ4n) is 1.81. The second-order valence-electron chi connectivity index (χ2n) is 4.69. The lowest BCUT2D eigenvalue weighted by Crippen LogP contribution is -2.35. The molecule has 1 unspecified atom stereocenters. The van der Waals surface area contributed by atoms with Crippen molar-refractivity contribution in [2.75, 3.05) is 13.2 Å². The Hall–Kier alpha value is -1.58.